The van der Waals surface area contributed by atoms with E-state index in [4.69, 9.17) is 14.2 Å². The molecule has 0 heterocycles. The first-order valence-corrected chi connectivity index (χ1v) is 32.0. The van der Waals surface area contributed by atoms with Gasteiger partial charge in [-0.15, -0.1) is 0 Å². The van der Waals surface area contributed by atoms with E-state index in [1.807, 2.05) is 0 Å². The van der Waals surface area contributed by atoms with Crippen LogP contribution >= 0.6 is 0 Å². The molecule has 0 aliphatic rings. The number of unbranched alkanes of at least 4 members (excludes halogenated alkanes) is 19. The molecule has 444 valence electrons. The van der Waals surface area contributed by atoms with Gasteiger partial charge in [-0.05, 0) is 141 Å². The first-order valence-electron chi connectivity index (χ1n) is 32.0. The Morgan fingerprint density at radius 2 is 0.456 bits per heavy atom. The number of carbonyl (C=O) groups excluding carboxylic acids is 3. The minimum atomic E-state index is -0.808. The number of hydrogen-bond donors (Lipinski definition) is 0. The largest absolute Gasteiger partial charge is 0.462 e. The van der Waals surface area contributed by atoms with Crippen molar-refractivity contribution in [2.75, 3.05) is 13.2 Å². The van der Waals surface area contributed by atoms with Crippen molar-refractivity contribution >= 4 is 17.9 Å². The van der Waals surface area contributed by atoms with Crippen LogP contribution in [-0.2, 0) is 28.6 Å². The number of carbonyl (C=O) groups is 3. The van der Waals surface area contributed by atoms with Crippen molar-refractivity contribution < 1.29 is 28.6 Å². The molecular formula is C73H116O6. The highest BCUT2D eigenvalue weighted by Gasteiger charge is 2.19. The average Bonchev–Trinajstić information content (AvgIpc) is 3.45. The maximum absolute atomic E-state index is 12.9. The van der Waals surface area contributed by atoms with Crippen molar-refractivity contribution in [1.82, 2.24) is 0 Å². The summed E-state index contributed by atoms with van der Waals surface area (Å²) in [6.07, 6.45) is 95.2. The van der Waals surface area contributed by atoms with E-state index >= 15 is 0 Å². The molecular weight excluding hydrogens is 973 g/mol. The molecule has 1 atom stereocenters. The van der Waals surface area contributed by atoms with Gasteiger partial charge in [0.25, 0.3) is 0 Å². The third-order valence-corrected chi connectivity index (χ3v) is 13.0. The van der Waals surface area contributed by atoms with Crippen LogP contribution in [0.2, 0.25) is 0 Å². The number of ether oxygens (including phenoxy) is 3. The maximum Gasteiger partial charge on any atom is 0.306 e. The molecule has 0 amide bonds. The fourth-order valence-corrected chi connectivity index (χ4v) is 8.33. The fourth-order valence-electron chi connectivity index (χ4n) is 8.33. The molecule has 0 aliphatic heterocycles. The highest BCUT2D eigenvalue weighted by atomic mass is 16.6. The second-order valence-electron chi connectivity index (χ2n) is 20.5. The zero-order valence-corrected chi connectivity index (χ0v) is 50.8. The zero-order valence-electron chi connectivity index (χ0n) is 50.8. The van der Waals surface area contributed by atoms with Crippen LogP contribution in [0.4, 0.5) is 0 Å². The van der Waals surface area contributed by atoms with Gasteiger partial charge >= 0.3 is 17.9 Å². The molecule has 79 heavy (non-hydrogen) atoms. The quantitative estimate of drug-likeness (QED) is 0.0261. The Hall–Kier alpha value is -4.97. The third-order valence-electron chi connectivity index (χ3n) is 13.0. The molecule has 1 unspecified atom stereocenters. The van der Waals surface area contributed by atoms with Gasteiger partial charge in [-0.3, -0.25) is 14.4 Å². The molecule has 0 aromatic rings. The predicted octanol–water partition coefficient (Wildman–Crippen LogP) is 22.1. The SMILES string of the molecule is CC/C=C\C/C=C\C/C=C\C/C=C\C/C=C\CCCCCCCCCCCC(=O)OCC(COC(=O)CCCCCCC/C=C\C/C=C\C/C=C\CC)OC(=O)CCCCCCC/C=C\C/C=C\C/C=C\C/C=C\C/C=C\CC. The van der Waals surface area contributed by atoms with Crippen LogP contribution in [0.5, 0.6) is 0 Å². The van der Waals surface area contributed by atoms with E-state index in [0.29, 0.717) is 19.3 Å². The van der Waals surface area contributed by atoms with Crippen LogP contribution in [0.1, 0.15) is 265 Å². The van der Waals surface area contributed by atoms with Gasteiger partial charge in [-0.1, -0.05) is 262 Å². The molecule has 0 radical (unpaired) electrons. The summed E-state index contributed by atoms with van der Waals surface area (Å²) >= 11 is 0. The molecule has 6 nitrogen and oxygen atoms in total. The highest BCUT2D eigenvalue weighted by molar-refractivity contribution is 5.71. The summed E-state index contributed by atoms with van der Waals surface area (Å²) in [5.74, 6) is -0.945. The van der Waals surface area contributed by atoms with Crippen LogP contribution < -0.4 is 0 Å². The van der Waals surface area contributed by atoms with Gasteiger partial charge in [0.05, 0.1) is 0 Å². The van der Waals surface area contributed by atoms with E-state index in [-0.39, 0.29) is 31.1 Å². The van der Waals surface area contributed by atoms with Crippen LogP contribution in [-0.4, -0.2) is 37.2 Å². The lowest BCUT2D eigenvalue weighted by Gasteiger charge is -2.18. The smallest absolute Gasteiger partial charge is 0.306 e. The molecule has 0 rings (SSSR count). The summed E-state index contributed by atoms with van der Waals surface area (Å²) in [7, 11) is 0. The predicted molar refractivity (Wildman–Crippen MR) is 343 cm³/mol. The van der Waals surface area contributed by atoms with Gasteiger partial charge in [0.15, 0.2) is 6.10 Å². The number of allylic oxidation sites excluding steroid dienone is 26. The molecule has 0 saturated carbocycles. The van der Waals surface area contributed by atoms with Crippen molar-refractivity contribution in [3.8, 4) is 0 Å². The minimum absolute atomic E-state index is 0.101. The molecule has 0 aromatic heterocycles. The van der Waals surface area contributed by atoms with Gasteiger partial charge < -0.3 is 14.2 Å². The summed E-state index contributed by atoms with van der Waals surface area (Å²) in [4.78, 5) is 38.4. The molecule has 0 spiro atoms. The topological polar surface area (TPSA) is 78.9 Å². The Balaban J connectivity index is 4.45. The third kappa shape index (κ3) is 63.7. The van der Waals surface area contributed by atoms with Crippen molar-refractivity contribution in [3.63, 3.8) is 0 Å². The first-order chi connectivity index (χ1) is 39.0. The molecule has 0 aromatic carbocycles. The molecule has 0 fully saturated rings. The van der Waals surface area contributed by atoms with E-state index in [9.17, 15) is 14.4 Å². The maximum atomic E-state index is 12.9. The van der Waals surface area contributed by atoms with E-state index < -0.39 is 6.10 Å². The van der Waals surface area contributed by atoms with Crippen LogP contribution in [0.25, 0.3) is 0 Å². The van der Waals surface area contributed by atoms with Crippen LogP contribution in [0, 0.1) is 0 Å². The molecule has 0 bridgehead atoms. The fraction of sp³-hybridized carbons (Fsp3) is 0.603. The van der Waals surface area contributed by atoms with Gasteiger partial charge in [0, 0.05) is 19.3 Å². The van der Waals surface area contributed by atoms with Gasteiger partial charge in [-0.25, -0.2) is 0 Å². The number of rotatable bonds is 56. The van der Waals surface area contributed by atoms with E-state index in [1.165, 1.54) is 38.5 Å². The van der Waals surface area contributed by atoms with E-state index in [0.717, 1.165) is 186 Å². The standard InChI is InChI=1S/C73H116O6/c1-4-7-10-13-16-19-22-25-28-30-32-34-35-36-37-39-40-42-45-48-51-54-57-60-63-66-72(75)78-69-70(68-77-71(74)65-62-59-56-53-50-47-44-27-24-21-18-15-12-9-6-3)79-73(76)67-64-61-58-55-52-49-46-43-41-38-33-31-29-26-23-20-17-14-11-8-5-2/h7-12,16-21,25-29,32-34,36-38,43-44,46,70H,4-6,13-15,22-24,30-31,35,39-42,45,47-69H2,1-3H3/b10-7-,11-8-,12-9-,19-16-,20-17-,21-18-,28-25-,29-26-,34-32-,37-36-,38-33-,44-27-,46-43-. The Kier molecular flexibility index (Phi) is 61.4. The van der Waals surface area contributed by atoms with Crippen molar-refractivity contribution in [1.29, 1.82) is 0 Å². The van der Waals surface area contributed by atoms with Crippen molar-refractivity contribution in [3.05, 3.63) is 158 Å². The lowest BCUT2D eigenvalue weighted by molar-refractivity contribution is -0.167. The number of hydrogen-bond acceptors (Lipinski definition) is 6. The summed E-state index contributed by atoms with van der Waals surface area (Å²) in [6.45, 7) is 6.27. The molecule has 0 saturated heterocycles. The summed E-state index contributed by atoms with van der Waals surface area (Å²) < 4.78 is 16.9. The normalized spacial score (nSPS) is 13.2. The Bertz CT molecular complexity index is 1780. The van der Waals surface area contributed by atoms with Gasteiger partial charge in [-0.2, -0.15) is 0 Å². The summed E-state index contributed by atoms with van der Waals surface area (Å²) in [5, 5.41) is 0. The summed E-state index contributed by atoms with van der Waals surface area (Å²) in [5.41, 5.74) is 0. The second kappa shape index (κ2) is 65.5. The minimum Gasteiger partial charge on any atom is -0.462 e. The lowest BCUT2D eigenvalue weighted by Crippen LogP contribution is -2.30. The monoisotopic (exact) mass is 1090 g/mol. The molecule has 0 aliphatic carbocycles. The van der Waals surface area contributed by atoms with Gasteiger partial charge in [0.2, 0.25) is 0 Å². The second-order valence-corrected chi connectivity index (χ2v) is 20.5. The Morgan fingerprint density at radius 3 is 0.709 bits per heavy atom. The number of esters is 3. The summed E-state index contributed by atoms with van der Waals surface area (Å²) in [6, 6.07) is 0. The van der Waals surface area contributed by atoms with E-state index in [2.05, 4.69) is 179 Å². The van der Waals surface area contributed by atoms with Crippen LogP contribution in [0.3, 0.4) is 0 Å². The average molecular weight is 1090 g/mol. The first kappa shape index (κ1) is 74.0. The van der Waals surface area contributed by atoms with Crippen molar-refractivity contribution in [2.45, 2.75) is 271 Å². The zero-order chi connectivity index (χ0) is 57.1. The van der Waals surface area contributed by atoms with Crippen molar-refractivity contribution in [2.24, 2.45) is 0 Å². The van der Waals surface area contributed by atoms with Crippen LogP contribution in [0.15, 0.2) is 158 Å². The molecule has 0 N–H and O–H groups in total. The van der Waals surface area contributed by atoms with E-state index in [1.54, 1.807) is 0 Å². The Labute approximate surface area is 486 Å². The van der Waals surface area contributed by atoms with Gasteiger partial charge in [0.1, 0.15) is 13.2 Å². The molecule has 6 heteroatoms. The lowest BCUT2D eigenvalue weighted by atomic mass is 10.1. The highest BCUT2D eigenvalue weighted by Crippen LogP contribution is 2.15. The Morgan fingerprint density at radius 1 is 0.253 bits per heavy atom.